The van der Waals surface area contributed by atoms with Gasteiger partial charge in [-0.2, -0.15) is 10.1 Å². The van der Waals surface area contributed by atoms with Crippen LogP contribution in [0, 0.1) is 13.8 Å². The molecular weight excluding hydrogens is 306 g/mol. The van der Waals surface area contributed by atoms with Crippen LogP contribution in [0.25, 0.3) is 5.82 Å². The van der Waals surface area contributed by atoms with Crippen LogP contribution in [0.15, 0.2) is 28.9 Å². The van der Waals surface area contributed by atoms with E-state index in [0.717, 1.165) is 37.4 Å². The van der Waals surface area contributed by atoms with Gasteiger partial charge >= 0.3 is 0 Å². The average molecular weight is 325 g/mol. The molecule has 1 aliphatic heterocycles. The first kappa shape index (κ1) is 14.8. The third-order valence-corrected chi connectivity index (χ3v) is 4.23. The van der Waals surface area contributed by atoms with E-state index < -0.39 is 0 Å². The Bertz CT molecular complexity index is 823. The maximum absolute atomic E-state index is 5.33. The number of anilines is 1. The summed E-state index contributed by atoms with van der Waals surface area (Å²) in [6.07, 6.45) is 4.00. The second-order valence-electron chi connectivity index (χ2n) is 6.12. The number of nitrogens with zero attached hydrogens (tertiary/aromatic N) is 7. The molecule has 3 aromatic rings. The van der Waals surface area contributed by atoms with E-state index in [4.69, 9.17) is 4.52 Å². The number of aromatic nitrogens is 6. The van der Waals surface area contributed by atoms with Gasteiger partial charge in [0.2, 0.25) is 5.89 Å². The van der Waals surface area contributed by atoms with Gasteiger partial charge in [0, 0.05) is 19.3 Å². The van der Waals surface area contributed by atoms with Crippen molar-refractivity contribution < 1.29 is 4.52 Å². The van der Waals surface area contributed by atoms with Crippen LogP contribution in [0.1, 0.15) is 36.2 Å². The topological polar surface area (TPSA) is 85.8 Å². The summed E-state index contributed by atoms with van der Waals surface area (Å²) in [5.74, 6) is 3.22. The Morgan fingerprint density at radius 3 is 2.62 bits per heavy atom. The number of hydrogen-bond donors (Lipinski definition) is 0. The van der Waals surface area contributed by atoms with Gasteiger partial charge in [-0.3, -0.25) is 0 Å². The van der Waals surface area contributed by atoms with Gasteiger partial charge in [-0.25, -0.2) is 4.68 Å². The molecule has 0 bridgehead atoms. The molecule has 8 heteroatoms. The minimum atomic E-state index is 0.246. The summed E-state index contributed by atoms with van der Waals surface area (Å²) >= 11 is 0. The summed E-state index contributed by atoms with van der Waals surface area (Å²) in [5, 5.41) is 16.9. The number of piperidine rings is 1. The summed E-state index contributed by atoms with van der Waals surface area (Å²) < 4.78 is 7.06. The monoisotopic (exact) mass is 325 g/mol. The largest absolute Gasteiger partial charge is 0.354 e. The minimum absolute atomic E-state index is 0.246. The SMILES string of the molecule is Cc1ccn(-c2ccc(N3CCC[C@@H](c4nc(C)no4)C3)nn2)n1. The Balaban J connectivity index is 1.50. The summed E-state index contributed by atoms with van der Waals surface area (Å²) in [5.41, 5.74) is 0.953. The Morgan fingerprint density at radius 1 is 1.12 bits per heavy atom. The molecule has 1 atom stereocenters. The van der Waals surface area contributed by atoms with Crippen molar-refractivity contribution in [2.24, 2.45) is 0 Å². The lowest BCUT2D eigenvalue weighted by molar-refractivity contribution is 0.331. The molecule has 3 aromatic heterocycles. The van der Waals surface area contributed by atoms with Crippen molar-refractivity contribution in [1.29, 1.82) is 0 Å². The van der Waals surface area contributed by atoms with Crippen molar-refractivity contribution in [2.45, 2.75) is 32.6 Å². The van der Waals surface area contributed by atoms with E-state index in [-0.39, 0.29) is 5.92 Å². The van der Waals surface area contributed by atoms with Crippen molar-refractivity contribution in [3.05, 3.63) is 41.8 Å². The van der Waals surface area contributed by atoms with E-state index in [2.05, 4.69) is 30.3 Å². The van der Waals surface area contributed by atoms with Gasteiger partial charge in [0.05, 0.1) is 11.6 Å². The standard InChI is InChI=1S/C16H19N7O/c1-11-7-9-23(20-11)15-6-5-14(18-19-15)22-8-3-4-13(10-22)16-17-12(2)21-24-16/h5-7,9,13H,3-4,8,10H2,1-2H3/t13-/m1/s1. The highest BCUT2D eigenvalue weighted by Gasteiger charge is 2.26. The Morgan fingerprint density at radius 2 is 1.96 bits per heavy atom. The van der Waals surface area contributed by atoms with Crippen molar-refractivity contribution in [3.8, 4) is 5.82 Å². The van der Waals surface area contributed by atoms with Gasteiger partial charge in [0.25, 0.3) is 0 Å². The fourth-order valence-electron chi connectivity index (χ4n) is 3.02. The molecular formula is C16H19N7O. The predicted octanol–water partition coefficient (Wildman–Crippen LogP) is 2.05. The summed E-state index contributed by atoms with van der Waals surface area (Å²) in [4.78, 5) is 6.59. The number of hydrogen-bond acceptors (Lipinski definition) is 7. The summed E-state index contributed by atoms with van der Waals surface area (Å²) in [6.45, 7) is 5.56. The normalized spacial score (nSPS) is 18.1. The molecule has 0 radical (unpaired) electrons. The van der Waals surface area contributed by atoms with Crippen LogP contribution in [0.3, 0.4) is 0 Å². The second-order valence-corrected chi connectivity index (χ2v) is 6.12. The lowest BCUT2D eigenvalue weighted by Gasteiger charge is -2.31. The molecule has 0 unspecified atom stereocenters. The fourth-order valence-corrected chi connectivity index (χ4v) is 3.02. The maximum atomic E-state index is 5.33. The molecule has 4 heterocycles. The predicted molar refractivity (Wildman–Crippen MR) is 87.1 cm³/mol. The molecule has 0 spiro atoms. The highest BCUT2D eigenvalue weighted by Crippen LogP contribution is 2.28. The van der Waals surface area contributed by atoms with E-state index in [0.29, 0.717) is 17.5 Å². The Kier molecular flexibility index (Phi) is 3.72. The molecule has 1 fully saturated rings. The van der Waals surface area contributed by atoms with Gasteiger partial charge in [0.1, 0.15) is 0 Å². The highest BCUT2D eigenvalue weighted by molar-refractivity contribution is 5.40. The molecule has 0 amide bonds. The molecule has 0 N–H and O–H groups in total. The first-order chi connectivity index (χ1) is 11.7. The summed E-state index contributed by atoms with van der Waals surface area (Å²) in [7, 11) is 0. The highest BCUT2D eigenvalue weighted by atomic mass is 16.5. The third kappa shape index (κ3) is 2.86. The van der Waals surface area contributed by atoms with E-state index in [1.165, 1.54) is 0 Å². The van der Waals surface area contributed by atoms with Gasteiger partial charge in [-0.05, 0) is 44.9 Å². The zero-order valence-corrected chi connectivity index (χ0v) is 13.8. The van der Waals surface area contributed by atoms with Gasteiger partial charge in [0.15, 0.2) is 17.5 Å². The zero-order valence-electron chi connectivity index (χ0n) is 13.8. The fraction of sp³-hybridized carbons (Fsp3) is 0.438. The summed E-state index contributed by atoms with van der Waals surface area (Å²) in [6, 6.07) is 5.87. The molecule has 0 aromatic carbocycles. The Hall–Kier alpha value is -2.77. The molecule has 8 nitrogen and oxygen atoms in total. The van der Waals surface area contributed by atoms with Crippen molar-refractivity contribution in [2.75, 3.05) is 18.0 Å². The molecule has 0 aliphatic carbocycles. The van der Waals surface area contributed by atoms with E-state index in [1.54, 1.807) is 4.68 Å². The van der Waals surface area contributed by atoms with Crippen molar-refractivity contribution in [3.63, 3.8) is 0 Å². The molecule has 4 rings (SSSR count). The molecule has 1 aliphatic rings. The quantitative estimate of drug-likeness (QED) is 0.728. The van der Waals surface area contributed by atoms with Gasteiger partial charge in [-0.1, -0.05) is 5.16 Å². The molecule has 24 heavy (non-hydrogen) atoms. The Labute approximate surface area is 139 Å². The lowest BCUT2D eigenvalue weighted by Crippen LogP contribution is -2.35. The first-order valence-electron chi connectivity index (χ1n) is 8.10. The first-order valence-corrected chi connectivity index (χ1v) is 8.10. The second kappa shape index (κ2) is 6.03. The van der Waals surface area contributed by atoms with Crippen molar-refractivity contribution >= 4 is 5.82 Å². The number of aryl methyl sites for hydroxylation is 2. The van der Waals surface area contributed by atoms with E-state index in [1.807, 2.05) is 38.2 Å². The third-order valence-electron chi connectivity index (χ3n) is 4.23. The van der Waals surface area contributed by atoms with Crippen LogP contribution < -0.4 is 4.90 Å². The molecule has 0 saturated carbocycles. The molecule has 1 saturated heterocycles. The number of rotatable bonds is 3. The van der Waals surface area contributed by atoms with Crippen molar-refractivity contribution in [1.82, 2.24) is 30.1 Å². The van der Waals surface area contributed by atoms with E-state index >= 15 is 0 Å². The smallest absolute Gasteiger partial charge is 0.231 e. The van der Waals surface area contributed by atoms with Gasteiger partial charge in [-0.15, -0.1) is 10.2 Å². The van der Waals surface area contributed by atoms with Crippen LogP contribution in [0.4, 0.5) is 5.82 Å². The van der Waals surface area contributed by atoms with Crippen LogP contribution >= 0.6 is 0 Å². The van der Waals surface area contributed by atoms with Crippen LogP contribution in [-0.2, 0) is 0 Å². The van der Waals surface area contributed by atoms with Gasteiger partial charge < -0.3 is 9.42 Å². The van der Waals surface area contributed by atoms with Crippen LogP contribution in [0.5, 0.6) is 0 Å². The van der Waals surface area contributed by atoms with Crippen LogP contribution in [-0.4, -0.2) is 43.2 Å². The average Bonchev–Trinajstić information content (AvgIpc) is 3.24. The maximum Gasteiger partial charge on any atom is 0.231 e. The van der Waals surface area contributed by atoms with E-state index in [9.17, 15) is 0 Å². The zero-order chi connectivity index (χ0) is 16.5. The minimum Gasteiger partial charge on any atom is -0.354 e. The van der Waals surface area contributed by atoms with Crippen LogP contribution in [0.2, 0.25) is 0 Å². The molecule has 124 valence electrons. The lowest BCUT2D eigenvalue weighted by atomic mass is 9.98.